The van der Waals surface area contributed by atoms with Crippen LogP contribution in [0.15, 0.2) is 30.5 Å². The van der Waals surface area contributed by atoms with Crippen molar-refractivity contribution in [3.05, 3.63) is 41.6 Å². The third kappa shape index (κ3) is 3.36. The molecular weight excluding hydrogens is 380 g/mol. The highest BCUT2D eigenvalue weighted by Crippen LogP contribution is 2.45. The number of aromatic nitrogens is 2. The summed E-state index contributed by atoms with van der Waals surface area (Å²) in [5.74, 6) is 0.267. The van der Waals surface area contributed by atoms with E-state index >= 15 is 0 Å². The van der Waals surface area contributed by atoms with Gasteiger partial charge in [0.05, 0.1) is 5.52 Å². The first-order valence-corrected chi connectivity index (χ1v) is 10.1. The van der Waals surface area contributed by atoms with Crippen LogP contribution in [-0.4, -0.2) is 64.4 Å². The fourth-order valence-corrected chi connectivity index (χ4v) is 4.07. The van der Waals surface area contributed by atoms with E-state index < -0.39 is 0 Å². The summed E-state index contributed by atoms with van der Waals surface area (Å²) in [6, 6.07) is 7.32. The van der Waals surface area contributed by atoms with Crippen molar-refractivity contribution in [1.82, 2.24) is 20.2 Å². The number of benzene rings is 2. The molecule has 2 heterocycles. The van der Waals surface area contributed by atoms with Crippen LogP contribution in [0.5, 0.6) is 17.4 Å². The van der Waals surface area contributed by atoms with Gasteiger partial charge in [0.15, 0.2) is 5.88 Å². The molecule has 4 aromatic rings. The number of fused-ring (bicyclic) bond motifs is 2. The van der Waals surface area contributed by atoms with Gasteiger partial charge in [-0.05, 0) is 70.4 Å². The van der Waals surface area contributed by atoms with E-state index in [0.717, 1.165) is 36.0 Å². The lowest BCUT2D eigenvalue weighted by Gasteiger charge is -2.12. The topological polar surface area (TPSA) is 108 Å². The van der Waals surface area contributed by atoms with Gasteiger partial charge in [0.2, 0.25) is 0 Å². The molecule has 0 aliphatic carbocycles. The molecule has 4 rings (SSSR count). The Morgan fingerprint density at radius 2 is 1.57 bits per heavy atom. The molecule has 0 fully saturated rings. The van der Waals surface area contributed by atoms with E-state index in [1.807, 2.05) is 50.4 Å². The second-order valence-electron chi connectivity index (χ2n) is 7.94. The van der Waals surface area contributed by atoms with E-state index in [1.165, 1.54) is 0 Å². The standard InChI is InChI=1S/C23H28N4O3/c1-24-10-8-13-12-25-17-6-4-14(21(28)19(13)17)15-5-7-18-20(22(15)29)16(23(30)26-18)9-11-27(2)3/h4-7,12,24-26,28-30H,8-11H2,1-3H3. The number of H-pyrrole nitrogens is 2. The quantitative estimate of drug-likeness (QED) is 0.281. The first-order chi connectivity index (χ1) is 14.4. The maximum absolute atomic E-state index is 11.1. The summed E-state index contributed by atoms with van der Waals surface area (Å²) in [7, 11) is 5.83. The summed E-state index contributed by atoms with van der Waals surface area (Å²) in [5.41, 5.74) is 4.31. The number of likely N-dealkylation sites (N-methyl/N-ethyl adjacent to an activating group) is 2. The van der Waals surface area contributed by atoms with Crippen molar-refractivity contribution in [2.24, 2.45) is 0 Å². The minimum absolute atomic E-state index is 0.0553. The Morgan fingerprint density at radius 1 is 0.900 bits per heavy atom. The van der Waals surface area contributed by atoms with Crippen molar-refractivity contribution in [1.29, 1.82) is 0 Å². The Balaban J connectivity index is 1.87. The van der Waals surface area contributed by atoms with E-state index in [1.54, 1.807) is 6.07 Å². The van der Waals surface area contributed by atoms with Crippen LogP contribution in [0, 0.1) is 0 Å². The van der Waals surface area contributed by atoms with Crippen molar-refractivity contribution >= 4 is 21.8 Å². The van der Waals surface area contributed by atoms with Crippen molar-refractivity contribution in [2.75, 3.05) is 34.2 Å². The van der Waals surface area contributed by atoms with Crippen molar-refractivity contribution in [3.8, 4) is 28.5 Å². The van der Waals surface area contributed by atoms with E-state index in [0.29, 0.717) is 34.0 Å². The Morgan fingerprint density at radius 3 is 2.23 bits per heavy atom. The van der Waals surface area contributed by atoms with Crippen LogP contribution >= 0.6 is 0 Å². The van der Waals surface area contributed by atoms with E-state index in [9.17, 15) is 15.3 Å². The summed E-state index contributed by atoms with van der Waals surface area (Å²) in [5, 5.41) is 37.1. The van der Waals surface area contributed by atoms with Gasteiger partial charge in [-0.2, -0.15) is 0 Å². The molecule has 30 heavy (non-hydrogen) atoms. The van der Waals surface area contributed by atoms with Crippen molar-refractivity contribution in [2.45, 2.75) is 12.8 Å². The van der Waals surface area contributed by atoms with Crippen LogP contribution in [-0.2, 0) is 12.8 Å². The van der Waals surface area contributed by atoms with Crippen LogP contribution < -0.4 is 5.32 Å². The number of phenols is 2. The SMILES string of the molecule is CNCCc1c[nH]c2ccc(-c3ccc4[nH]c(O)c(CCN(C)C)c4c3O)c(O)c12. The molecule has 2 aromatic heterocycles. The number of rotatable bonds is 7. The fourth-order valence-electron chi connectivity index (χ4n) is 4.07. The Bertz CT molecular complexity index is 1210. The first-order valence-electron chi connectivity index (χ1n) is 10.1. The molecule has 0 atom stereocenters. The maximum atomic E-state index is 11.1. The summed E-state index contributed by atoms with van der Waals surface area (Å²) in [6.07, 6.45) is 3.28. The number of nitrogens with zero attached hydrogens (tertiary/aromatic N) is 1. The Kier molecular flexibility index (Phi) is 5.32. The second kappa shape index (κ2) is 7.93. The highest BCUT2D eigenvalue weighted by atomic mass is 16.3. The lowest BCUT2D eigenvalue weighted by Crippen LogP contribution is -2.14. The second-order valence-corrected chi connectivity index (χ2v) is 7.94. The van der Waals surface area contributed by atoms with Crippen LogP contribution in [0.1, 0.15) is 11.1 Å². The van der Waals surface area contributed by atoms with Crippen LogP contribution in [0.25, 0.3) is 32.9 Å². The minimum Gasteiger partial charge on any atom is -0.507 e. The molecule has 158 valence electrons. The van der Waals surface area contributed by atoms with Gasteiger partial charge >= 0.3 is 0 Å². The smallest absolute Gasteiger partial charge is 0.192 e. The number of hydrogen-bond acceptors (Lipinski definition) is 5. The molecule has 7 nitrogen and oxygen atoms in total. The van der Waals surface area contributed by atoms with Gasteiger partial charge in [0, 0.05) is 45.7 Å². The van der Waals surface area contributed by atoms with E-state index in [4.69, 9.17) is 0 Å². The van der Waals surface area contributed by atoms with Gasteiger partial charge in [-0.3, -0.25) is 0 Å². The lowest BCUT2D eigenvalue weighted by atomic mass is 9.96. The Labute approximate surface area is 175 Å². The van der Waals surface area contributed by atoms with E-state index in [-0.39, 0.29) is 17.4 Å². The van der Waals surface area contributed by atoms with Gasteiger partial charge < -0.3 is 35.5 Å². The average molecular weight is 409 g/mol. The minimum atomic E-state index is 0.0553. The normalized spacial score (nSPS) is 11.9. The molecule has 0 amide bonds. The average Bonchev–Trinajstić information content (AvgIpc) is 3.27. The predicted octanol–water partition coefficient (Wildman–Crippen LogP) is 3.30. The zero-order chi connectivity index (χ0) is 21.4. The summed E-state index contributed by atoms with van der Waals surface area (Å²) in [6.45, 7) is 1.53. The molecule has 0 aliphatic rings. The Hall–Kier alpha value is -3.16. The van der Waals surface area contributed by atoms with Gasteiger partial charge in [-0.1, -0.05) is 0 Å². The van der Waals surface area contributed by atoms with Crippen LogP contribution in [0.3, 0.4) is 0 Å². The van der Waals surface area contributed by atoms with Gasteiger partial charge in [0.1, 0.15) is 11.5 Å². The lowest BCUT2D eigenvalue weighted by molar-refractivity contribution is 0.404. The molecule has 6 N–H and O–H groups in total. The maximum Gasteiger partial charge on any atom is 0.192 e. The number of nitrogens with one attached hydrogen (secondary N) is 3. The van der Waals surface area contributed by atoms with Crippen LogP contribution in [0.4, 0.5) is 0 Å². The zero-order valence-electron chi connectivity index (χ0n) is 17.5. The summed E-state index contributed by atoms with van der Waals surface area (Å²) >= 11 is 0. The third-order valence-corrected chi connectivity index (χ3v) is 5.66. The van der Waals surface area contributed by atoms with Crippen molar-refractivity contribution < 1.29 is 15.3 Å². The largest absolute Gasteiger partial charge is 0.507 e. The molecule has 0 radical (unpaired) electrons. The van der Waals surface area contributed by atoms with Crippen LogP contribution in [0.2, 0.25) is 0 Å². The monoisotopic (exact) mass is 408 g/mol. The van der Waals surface area contributed by atoms with Crippen molar-refractivity contribution in [3.63, 3.8) is 0 Å². The molecular formula is C23H28N4O3. The highest BCUT2D eigenvalue weighted by Gasteiger charge is 2.21. The molecule has 0 spiro atoms. The summed E-state index contributed by atoms with van der Waals surface area (Å²) < 4.78 is 0. The molecule has 0 bridgehead atoms. The zero-order valence-corrected chi connectivity index (χ0v) is 17.5. The van der Waals surface area contributed by atoms with Gasteiger partial charge in [0.25, 0.3) is 0 Å². The van der Waals surface area contributed by atoms with E-state index in [2.05, 4.69) is 15.3 Å². The number of aromatic hydroxyl groups is 3. The number of hydrogen-bond donors (Lipinski definition) is 6. The molecule has 0 saturated carbocycles. The molecule has 7 heteroatoms. The fraction of sp³-hybridized carbons (Fsp3) is 0.304. The third-order valence-electron chi connectivity index (χ3n) is 5.66. The predicted molar refractivity (Wildman–Crippen MR) is 120 cm³/mol. The number of phenolic OH excluding ortho intramolecular Hbond substituents is 2. The number of aromatic amines is 2. The molecule has 0 aliphatic heterocycles. The molecule has 0 saturated heterocycles. The van der Waals surface area contributed by atoms with Gasteiger partial charge in [-0.25, -0.2) is 0 Å². The van der Waals surface area contributed by atoms with Gasteiger partial charge in [-0.15, -0.1) is 0 Å². The highest BCUT2D eigenvalue weighted by molar-refractivity contribution is 6.01. The molecule has 0 unspecified atom stereocenters. The molecule has 2 aromatic carbocycles. The summed E-state index contributed by atoms with van der Waals surface area (Å²) in [4.78, 5) is 8.18. The first kappa shape index (κ1) is 20.1.